The van der Waals surface area contributed by atoms with Crippen LogP contribution < -0.4 is 5.73 Å². The summed E-state index contributed by atoms with van der Waals surface area (Å²) in [6, 6.07) is 0.153. The van der Waals surface area contributed by atoms with E-state index in [9.17, 15) is 4.79 Å². The number of hydrogen-bond acceptors (Lipinski definition) is 4. The van der Waals surface area contributed by atoms with Crippen LogP contribution in [0.4, 0.5) is 0 Å². The number of aryl methyl sites for hydroxylation is 1. The monoisotopic (exact) mass is 209 g/mol. The van der Waals surface area contributed by atoms with Gasteiger partial charge in [-0.15, -0.1) is 0 Å². The molecule has 0 spiro atoms. The minimum atomic E-state index is 0.151. The van der Waals surface area contributed by atoms with E-state index in [1.807, 2.05) is 4.90 Å². The first-order valence-corrected chi connectivity index (χ1v) is 5.11. The second-order valence-electron chi connectivity index (χ2n) is 3.80. The molecule has 1 aromatic heterocycles. The molecule has 1 fully saturated rings. The maximum Gasteiger partial charge on any atom is 0.224 e. The maximum absolute atomic E-state index is 11.7. The molecule has 2 rings (SSSR count). The van der Waals surface area contributed by atoms with Crippen LogP contribution in [0.2, 0.25) is 0 Å². The van der Waals surface area contributed by atoms with Crippen molar-refractivity contribution < 1.29 is 4.79 Å². The van der Waals surface area contributed by atoms with Gasteiger partial charge in [0, 0.05) is 25.6 Å². The van der Waals surface area contributed by atoms with Gasteiger partial charge >= 0.3 is 0 Å². The average molecular weight is 209 g/mol. The summed E-state index contributed by atoms with van der Waals surface area (Å²) in [4.78, 5) is 17.3. The van der Waals surface area contributed by atoms with E-state index in [0.29, 0.717) is 19.5 Å². The molecule has 1 aliphatic heterocycles. The number of hydrogen-bond donors (Lipinski definition) is 1. The normalized spacial score (nSPS) is 20.9. The zero-order valence-corrected chi connectivity index (χ0v) is 8.54. The lowest BCUT2D eigenvalue weighted by molar-refractivity contribution is -0.130. The highest BCUT2D eigenvalue weighted by molar-refractivity contribution is 5.76. The van der Waals surface area contributed by atoms with Crippen LogP contribution in [-0.2, 0) is 11.3 Å². The van der Waals surface area contributed by atoms with Gasteiger partial charge in [0.05, 0.1) is 6.54 Å². The van der Waals surface area contributed by atoms with Crippen molar-refractivity contribution in [2.24, 2.45) is 5.73 Å². The SMILES string of the molecule is N[C@H]1CCN(C(=O)CCn2cncn2)C1. The number of amides is 1. The van der Waals surface area contributed by atoms with Crippen molar-refractivity contribution >= 4 is 5.91 Å². The summed E-state index contributed by atoms with van der Waals surface area (Å²) in [6.45, 7) is 2.07. The Labute approximate surface area is 88.1 Å². The van der Waals surface area contributed by atoms with E-state index in [0.717, 1.165) is 13.0 Å². The van der Waals surface area contributed by atoms with Gasteiger partial charge in [0.1, 0.15) is 12.7 Å². The fourth-order valence-corrected chi connectivity index (χ4v) is 1.73. The molecule has 0 bridgehead atoms. The highest BCUT2D eigenvalue weighted by Crippen LogP contribution is 2.08. The largest absolute Gasteiger partial charge is 0.341 e. The van der Waals surface area contributed by atoms with Gasteiger partial charge in [0.15, 0.2) is 0 Å². The third-order valence-electron chi connectivity index (χ3n) is 2.60. The minimum absolute atomic E-state index is 0.151. The molecule has 6 nitrogen and oxygen atoms in total. The lowest BCUT2D eigenvalue weighted by Crippen LogP contribution is -2.32. The summed E-state index contributed by atoms with van der Waals surface area (Å²) in [6.07, 6.45) is 4.46. The smallest absolute Gasteiger partial charge is 0.224 e. The Kier molecular flexibility index (Phi) is 2.96. The van der Waals surface area contributed by atoms with Gasteiger partial charge in [-0.3, -0.25) is 9.48 Å². The highest BCUT2D eigenvalue weighted by atomic mass is 16.2. The predicted molar refractivity (Wildman–Crippen MR) is 53.8 cm³/mol. The molecule has 15 heavy (non-hydrogen) atoms. The lowest BCUT2D eigenvalue weighted by Gasteiger charge is -2.15. The standard InChI is InChI=1S/C9H15N5O/c10-8-1-3-13(5-8)9(15)2-4-14-7-11-6-12-14/h6-8H,1-5,10H2/t8-/m0/s1. The average Bonchev–Trinajstić information content (AvgIpc) is 2.84. The topological polar surface area (TPSA) is 77.0 Å². The van der Waals surface area contributed by atoms with E-state index in [2.05, 4.69) is 10.1 Å². The van der Waals surface area contributed by atoms with E-state index in [1.54, 1.807) is 11.0 Å². The van der Waals surface area contributed by atoms with Gasteiger partial charge in [-0.2, -0.15) is 5.10 Å². The second-order valence-corrected chi connectivity index (χ2v) is 3.80. The van der Waals surface area contributed by atoms with Gasteiger partial charge in [0.25, 0.3) is 0 Å². The molecule has 6 heteroatoms. The zero-order chi connectivity index (χ0) is 10.7. The molecule has 1 aliphatic rings. The summed E-state index contributed by atoms with van der Waals surface area (Å²) in [5, 5.41) is 3.94. The van der Waals surface area contributed by atoms with Crippen LogP contribution in [0.5, 0.6) is 0 Å². The molecule has 1 atom stereocenters. The second kappa shape index (κ2) is 4.39. The quantitative estimate of drug-likeness (QED) is 0.709. The number of rotatable bonds is 3. The van der Waals surface area contributed by atoms with Gasteiger partial charge in [-0.25, -0.2) is 4.98 Å². The molecular weight excluding hydrogens is 194 g/mol. The fraction of sp³-hybridized carbons (Fsp3) is 0.667. The van der Waals surface area contributed by atoms with Crippen LogP contribution in [0, 0.1) is 0 Å². The molecule has 1 amide bonds. The Morgan fingerprint density at radius 1 is 1.60 bits per heavy atom. The van der Waals surface area contributed by atoms with E-state index in [1.165, 1.54) is 6.33 Å². The van der Waals surface area contributed by atoms with Gasteiger partial charge < -0.3 is 10.6 Å². The Hall–Kier alpha value is -1.43. The number of aromatic nitrogens is 3. The van der Waals surface area contributed by atoms with Crippen molar-refractivity contribution in [1.29, 1.82) is 0 Å². The number of likely N-dealkylation sites (tertiary alicyclic amines) is 1. The number of carbonyl (C=O) groups is 1. The number of nitrogens with two attached hydrogens (primary N) is 1. The molecule has 0 unspecified atom stereocenters. The van der Waals surface area contributed by atoms with Gasteiger partial charge in [-0.1, -0.05) is 0 Å². The summed E-state index contributed by atoms with van der Waals surface area (Å²) >= 11 is 0. The van der Waals surface area contributed by atoms with Crippen LogP contribution in [0.3, 0.4) is 0 Å². The third-order valence-corrected chi connectivity index (χ3v) is 2.60. The first kappa shape index (κ1) is 10.1. The first-order valence-electron chi connectivity index (χ1n) is 5.11. The van der Waals surface area contributed by atoms with Gasteiger partial charge in [0.2, 0.25) is 5.91 Å². The minimum Gasteiger partial charge on any atom is -0.341 e. The summed E-state index contributed by atoms with van der Waals surface area (Å²) in [5.74, 6) is 0.151. The summed E-state index contributed by atoms with van der Waals surface area (Å²) < 4.78 is 1.66. The van der Waals surface area contributed by atoms with Gasteiger partial charge in [-0.05, 0) is 6.42 Å². The Morgan fingerprint density at radius 3 is 3.07 bits per heavy atom. The molecule has 0 saturated carbocycles. The van der Waals surface area contributed by atoms with Crippen LogP contribution >= 0.6 is 0 Å². The van der Waals surface area contributed by atoms with E-state index >= 15 is 0 Å². The Morgan fingerprint density at radius 2 is 2.47 bits per heavy atom. The van der Waals surface area contributed by atoms with Crippen LogP contribution in [-0.4, -0.2) is 44.7 Å². The molecule has 0 radical (unpaired) electrons. The number of carbonyl (C=O) groups excluding carboxylic acids is 1. The van der Waals surface area contributed by atoms with Crippen LogP contribution in [0.25, 0.3) is 0 Å². The molecule has 82 valence electrons. The maximum atomic E-state index is 11.7. The Bertz CT molecular complexity index is 323. The van der Waals surface area contributed by atoms with Crippen molar-refractivity contribution in [3.05, 3.63) is 12.7 Å². The van der Waals surface area contributed by atoms with Crippen molar-refractivity contribution in [3.63, 3.8) is 0 Å². The molecule has 2 heterocycles. The molecule has 1 aromatic rings. The lowest BCUT2D eigenvalue weighted by atomic mass is 10.3. The highest BCUT2D eigenvalue weighted by Gasteiger charge is 2.22. The predicted octanol–water partition coefficient (Wildman–Crippen LogP) is -0.772. The summed E-state index contributed by atoms with van der Waals surface area (Å²) in [7, 11) is 0. The van der Waals surface area contributed by atoms with Crippen molar-refractivity contribution in [2.45, 2.75) is 25.4 Å². The van der Waals surface area contributed by atoms with Crippen molar-refractivity contribution in [2.75, 3.05) is 13.1 Å². The molecule has 1 saturated heterocycles. The van der Waals surface area contributed by atoms with E-state index in [4.69, 9.17) is 5.73 Å². The molecule has 0 aromatic carbocycles. The van der Waals surface area contributed by atoms with E-state index < -0.39 is 0 Å². The van der Waals surface area contributed by atoms with Crippen molar-refractivity contribution in [1.82, 2.24) is 19.7 Å². The molecular formula is C9H15N5O. The first-order chi connectivity index (χ1) is 7.25. The molecule has 0 aliphatic carbocycles. The zero-order valence-electron chi connectivity index (χ0n) is 8.54. The summed E-state index contributed by atoms with van der Waals surface area (Å²) in [5.41, 5.74) is 5.73. The Balaban J connectivity index is 1.78. The fourth-order valence-electron chi connectivity index (χ4n) is 1.73. The van der Waals surface area contributed by atoms with Crippen molar-refractivity contribution in [3.8, 4) is 0 Å². The van der Waals surface area contributed by atoms with E-state index in [-0.39, 0.29) is 11.9 Å². The number of nitrogens with zero attached hydrogens (tertiary/aromatic N) is 4. The molecule has 2 N–H and O–H groups in total. The van der Waals surface area contributed by atoms with Crippen LogP contribution in [0.15, 0.2) is 12.7 Å². The van der Waals surface area contributed by atoms with Crippen LogP contribution in [0.1, 0.15) is 12.8 Å². The third kappa shape index (κ3) is 2.53.